The van der Waals surface area contributed by atoms with Gasteiger partial charge in [-0.2, -0.15) is 11.8 Å². The highest BCUT2D eigenvalue weighted by atomic mass is 79.9. The molecule has 5 heteroatoms. The van der Waals surface area contributed by atoms with Gasteiger partial charge in [0, 0.05) is 28.9 Å². The average molecular weight is 336 g/mol. The molecule has 1 aromatic rings. The van der Waals surface area contributed by atoms with E-state index in [9.17, 15) is 8.78 Å². The van der Waals surface area contributed by atoms with Gasteiger partial charge in [-0.05, 0) is 17.7 Å². The van der Waals surface area contributed by atoms with E-state index in [2.05, 4.69) is 29.8 Å². The van der Waals surface area contributed by atoms with E-state index < -0.39 is 11.6 Å². The Hall–Kier alpha value is -0.290. The molecule has 1 heterocycles. The zero-order valence-electron chi connectivity index (χ0n) is 10.4. The van der Waals surface area contributed by atoms with Gasteiger partial charge in [-0.15, -0.1) is 0 Å². The quantitative estimate of drug-likeness (QED) is 0.745. The summed E-state index contributed by atoms with van der Waals surface area (Å²) in [4.78, 5) is 1.83. The molecule has 0 aliphatic carbocycles. The van der Waals surface area contributed by atoms with Crippen molar-refractivity contribution < 1.29 is 8.78 Å². The summed E-state index contributed by atoms with van der Waals surface area (Å²) in [5, 5.41) is 1.25. The normalized spacial score (nSPS) is 24.4. The van der Waals surface area contributed by atoms with Gasteiger partial charge in [-0.1, -0.05) is 29.8 Å². The molecule has 0 aromatic heterocycles. The monoisotopic (exact) mass is 335 g/mol. The molecule has 100 valence electrons. The van der Waals surface area contributed by atoms with E-state index in [1.54, 1.807) is 0 Å². The number of alkyl halides is 1. The summed E-state index contributed by atoms with van der Waals surface area (Å²) in [5.41, 5.74) is 0.750. The predicted octanol–water partition coefficient (Wildman–Crippen LogP) is 4.19. The summed E-state index contributed by atoms with van der Waals surface area (Å²) in [6.07, 6.45) is 0. The van der Waals surface area contributed by atoms with Gasteiger partial charge >= 0.3 is 0 Å². The second-order valence-electron chi connectivity index (χ2n) is 4.70. The van der Waals surface area contributed by atoms with Crippen LogP contribution in [0.15, 0.2) is 12.1 Å². The number of rotatable bonds is 2. The number of halogens is 3. The molecule has 0 spiro atoms. The summed E-state index contributed by atoms with van der Waals surface area (Å²) in [5.74, 6) is -0.925. The molecule has 1 fully saturated rings. The van der Waals surface area contributed by atoms with E-state index in [1.807, 2.05) is 16.7 Å². The van der Waals surface area contributed by atoms with Crippen LogP contribution >= 0.6 is 27.7 Å². The van der Waals surface area contributed by atoms with Crippen molar-refractivity contribution in [2.45, 2.75) is 29.7 Å². The fraction of sp³-hybridized carbons (Fsp3) is 0.538. The molecule has 1 aliphatic heterocycles. The lowest BCUT2D eigenvalue weighted by Gasteiger charge is -2.36. The highest BCUT2D eigenvalue weighted by Crippen LogP contribution is 2.32. The highest BCUT2D eigenvalue weighted by Gasteiger charge is 2.26. The van der Waals surface area contributed by atoms with Gasteiger partial charge in [-0.25, -0.2) is 8.78 Å². The Kier molecular flexibility index (Phi) is 4.54. The van der Waals surface area contributed by atoms with Gasteiger partial charge in [0.05, 0.1) is 0 Å². The van der Waals surface area contributed by atoms with Gasteiger partial charge < -0.3 is 4.90 Å². The van der Waals surface area contributed by atoms with Crippen LogP contribution in [0, 0.1) is 11.6 Å². The van der Waals surface area contributed by atoms with Crippen LogP contribution in [0.2, 0.25) is 0 Å². The zero-order chi connectivity index (χ0) is 13.3. The number of hydrogen-bond acceptors (Lipinski definition) is 2. The molecule has 0 saturated carbocycles. The Labute approximate surface area is 119 Å². The molecule has 18 heavy (non-hydrogen) atoms. The van der Waals surface area contributed by atoms with Crippen molar-refractivity contribution in [1.29, 1.82) is 0 Å². The molecular formula is C13H16BrF2NS. The average Bonchev–Trinajstić information content (AvgIpc) is 2.26. The van der Waals surface area contributed by atoms with Crippen molar-refractivity contribution in [3.8, 4) is 0 Å². The van der Waals surface area contributed by atoms with Crippen molar-refractivity contribution in [2.75, 3.05) is 18.0 Å². The van der Waals surface area contributed by atoms with Gasteiger partial charge in [0.2, 0.25) is 0 Å². The summed E-state index contributed by atoms with van der Waals surface area (Å²) in [6, 6.07) is 2.81. The Morgan fingerprint density at radius 1 is 1.22 bits per heavy atom. The van der Waals surface area contributed by atoms with Crippen LogP contribution in [-0.4, -0.2) is 23.6 Å². The summed E-state index contributed by atoms with van der Waals surface area (Å²) < 4.78 is 28.1. The lowest BCUT2D eigenvalue weighted by atomic mass is 10.1. The predicted molar refractivity (Wildman–Crippen MR) is 77.7 cm³/mol. The molecule has 2 atom stereocenters. The number of benzene rings is 1. The van der Waals surface area contributed by atoms with Gasteiger partial charge in [0.1, 0.15) is 17.3 Å². The van der Waals surface area contributed by atoms with Crippen LogP contribution < -0.4 is 4.90 Å². The standard InChI is InChI=1S/C13H16BrF2NS/c1-8-6-17(7-9(2)18-8)13-11(15)3-10(5-14)4-12(13)16/h3-4,8-9H,5-7H2,1-2H3. The van der Waals surface area contributed by atoms with Crippen molar-refractivity contribution in [2.24, 2.45) is 0 Å². The Morgan fingerprint density at radius 3 is 2.17 bits per heavy atom. The number of anilines is 1. The molecule has 1 saturated heterocycles. The maximum atomic E-state index is 14.0. The Balaban J connectivity index is 2.32. The van der Waals surface area contributed by atoms with E-state index in [1.165, 1.54) is 12.1 Å². The zero-order valence-corrected chi connectivity index (χ0v) is 12.8. The van der Waals surface area contributed by atoms with E-state index in [0.717, 1.165) is 0 Å². The first kappa shape index (κ1) is 14.1. The summed E-state index contributed by atoms with van der Waals surface area (Å²) >= 11 is 5.08. The van der Waals surface area contributed by atoms with E-state index in [4.69, 9.17) is 0 Å². The van der Waals surface area contributed by atoms with Crippen molar-refractivity contribution in [3.63, 3.8) is 0 Å². The molecular weight excluding hydrogens is 320 g/mol. The molecule has 2 unspecified atom stereocenters. The van der Waals surface area contributed by atoms with E-state index in [-0.39, 0.29) is 5.69 Å². The highest BCUT2D eigenvalue weighted by molar-refractivity contribution is 9.08. The van der Waals surface area contributed by atoms with Gasteiger partial charge in [-0.3, -0.25) is 0 Å². The van der Waals surface area contributed by atoms with Gasteiger partial charge in [0.15, 0.2) is 0 Å². The van der Waals surface area contributed by atoms with E-state index >= 15 is 0 Å². The maximum absolute atomic E-state index is 14.0. The van der Waals surface area contributed by atoms with Gasteiger partial charge in [0.25, 0.3) is 0 Å². The van der Waals surface area contributed by atoms with E-state index in [0.29, 0.717) is 34.5 Å². The van der Waals surface area contributed by atoms with Crippen molar-refractivity contribution >= 4 is 33.4 Å². The fourth-order valence-corrected chi connectivity index (χ4v) is 4.01. The first-order valence-electron chi connectivity index (χ1n) is 5.95. The fourth-order valence-electron chi connectivity index (χ4n) is 2.36. The van der Waals surface area contributed by atoms with Crippen LogP contribution in [-0.2, 0) is 5.33 Å². The minimum atomic E-state index is -0.462. The van der Waals surface area contributed by atoms with Crippen molar-refractivity contribution in [1.82, 2.24) is 0 Å². The SMILES string of the molecule is CC1CN(c2c(F)cc(CBr)cc2F)CC(C)S1. The minimum absolute atomic E-state index is 0.124. The third-order valence-corrected chi connectivity index (χ3v) is 4.84. The molecule has 1 aliphatic rings. The topological polar surface area (TPSA) is 3.24 Å². The molecule has 0 N–H and O–H groups in total. The maximum Gasteiger partial charge on any atom is 0.149 e. The van der Waals surface area contributed by atoms with Crippen LogP contribution in [0.1, 0.15) is 19.4 Å². The van der Waals surface area contributed by atoms with Crippen LogP contribution in [0.5, 0.6) is 0 Å². The number of nitrogens with zero attached hydrogens (tertiary/aromatic N) is 1. The lowest BCUT2D eigenvalue weighted by Crippen LogP contribution is -2.41. The molecule has 0 amide bonds. The number of thioether (sulfide) groups is 1. The third kappa shape index (κ3) is 2.99. The molecule has 0 radical (unpaired) electrons. The largest absolute Gasteiger partial charge is 0.365 e. The second kappa shape index (κ2) is 5.78. The van der Waals surface area contributed by atoms with Crippen molar-refractivity contribution in [3.05, 3.63) is 29.3 Å². The minimum Gasteiger partial charge on any atom is -0.365 e. The first-order chi connectivity index (χ1) is 8.51. The Bertz CT molecular complexity index is 408. The summed E-state index contributed by atoms with van der Waals surface area (Å²) in [6.45, 7) is 5.57. The molecule has 1 nitrogen and oxygen atoms in total. The summed E-state index contributed by atoms with van der Waals surface area (Å²) in [7, 11) is 0. The molecule has 2 rings (SSSR count). The molecule has 0 bridgehead atoms. The first-order valence-corrected chi connectivity index (χ1v) is 8.02. The molecule has 1 aromatic carbocycles. The number of hydrogen-bond donors (Lipinski definition) is 0. The van der Waals surface area contributed by atoms with Crippen LogP contribution in [0.3, 0.4) is 0 Å². The second-order valence-corrected chi connectivity index (χ2v) is 7.15. The third-order valence-electron chi connectivity index (χ3n) is 2.97. The lowest BCUT2D eigenvalue weighted by molar-refractivity contribution is 0.564. The van der Waals surface area contributed by atoms with Crippen LogP contribution in [0.4, 0.5) is 14.5 Å². The smallest absolute Gasteiger partial charge is 0.149 e. The van der Waals surface area contributed by atoms with Crippen LogP contribution in [0.25, 0.3) is 0 Å². The Morgan fingerprint density at radius 2 is 1.72 bits per heavy atom.